The van der Waals surface area contributed by atoms with Crippen LogP contribution in [0.15, 0.2) is 72.8 Å². The smallest absolute Gasteiger partial charge is 0.270 e. The van der Waals surface area contributed by atoms with E-state index in [9.17, 15) is 24.5 Å². The zero-order chi connectivity index (χ0) is 26.8. The minimum Gasteiger partial charge on any atom is -0.497 e. The molecule has 3 aliphatic rings. The maximum Gasteiger partial charge on any atom is 0.270 e. The van der Waals surface area contributed by atoms with Gasteiger partial charge in [-0.05, 0) is 36.8 Å². The lowest BCUT2D eigenvalue weighted by atomic mass is 9.64. The molecule has 4 atom stereocenters. The molecule has 0 unspecified atom stereocenters. The maximum absolute atomic E-state index is 14.4. The Kier molecular flexibility index (Phi) is 5.20. The van der Waals surface area contributed by atoms with Crippen molar-refractivity contribution in [3.8, 4) is 5.75 Å². The average Bonchev–Trinajstić information content (AvgIpc) is 3.40. The van der Waals surface area contributed by atoms with E-state index in [2.05, 4.69) is 5.32 Å². The lowest BCUT2D eigenvalue weighted by molar-refractivity contribution is -0.384. The molecule has 38 heavy (non-hydrogen) atoms. The quantitative estimate of drug-likeness (QED) is 0.312. The normalized spacial score (nSPS) is 24.4. The van der Waals surface area contributed by atoms with Crippen molar-refractivity contribution in [3.63, 3.8) is 0 Å². The van der Waals surface area contributed by atoms with Gasteiger partial charge in [0.1, 0.15) is 11.2 Å². The van der Waals surface area contributed by atoms with E-state index in [1.165, 1.54) is 31.2 Å². The van der Waals surface area contributed by atoms with Crippen LogP contribution in [0.1, 0.15) is 28.4 Å². The molecule has 9 heteroatoms. The maximum atomic E-state index is 14.4. The first-order valence-electron chi connectivity index (χ1n) is 12.1. The number of methoxy groups -OCH3 is 1. The number of nitro benzene ring substituents is 1. The van der Waals surface area contributed by atoms with Gasteiger partial charge in [0.2, 0.25) is 5.91 Å². The van der Waals surface area contributed by atoms with E-state index in [0.29, 0.717) is 22.7 Å². The fraction of sp³-hybridized carbons (Fsp3) is 0.207. The van der Waals surface area contributed by atoms with Gasteiger partial charge in [-0.1, -0.05) is 42.5 Å². The number of nitro groups is 1. The van der Waals surface area contributed by atoms with Gasteiger partial charge in [0.25, 0.3) is 5.69 Å². The molecule has 3 aromatic rings. The van der Waals surface area contributed by atoms with Crippen LogP contribution >= 0.6 is 0 Å². The summed E-state index contributed by atoms with van der Waals surface area (Å²) in [6, 6.07) is 16.4. The summed E-state index contributed by atoms with van der Waals surface area (Å²) in [5.74, 6) is -1.69. The van der Waals surface area contributed by atoms with Crippen LogP contribution in [0.2, 0.25) is 0 Å². The summed E-state index contributed by atoms with van der Waals surface area (Å²) < 4.78 is 5.38. The molecule has 3 aliphatic heterocycles. The molecule has 0 aromatic heterocycles. The minimum atomic E-state index is -1.44. The molecule has 9 nitrogen and oxygen atoms in total. The van der Waals surface area contributed by atoms with Gasteiger partial charge in [-0.15, -0.1) is 0 Å². The number of carbonyl (C=O) groups excluding carboxylic acids is 3. The van der Waals surface area contributed by atoms with Gasteiger partial charge in [0.15, 0.2) is 11.6 Å². The molecule has 0 radical (unpaired) electrons. The number of carbonyl (C=O) groups is 3. The molecule has 1 N–H and O–H groups in total. The molecule has 6 rings (SSSR count). The first-order chi connectivity index (χ1) is 18.3. The summed E-state index contributed by atoms with van der Waals surface area (Å²) in [7, 11) is 1.56. The van der Waals surface area contributed by atoms with Crippen LogP contribution in [-0.4, -0.2) is 41.6 Å². The fourth-order valence-electron chi connectivity index (χ4n) is 6.39. The van der Waals surface area contributed by atoms with Gasteiger partial charge in [-0.2, -0.15) is 0 Å². The van der Waals surface area contributed by atoms with Crippen LogP contribution in [0, 0.1) is 16.0 Å². The number of rotatable bonds is 5. The van der Waals surface area contributed by atoms with Crippen LogP contribution in [0.5, 0.6) is 5.75 Å². The Labute approximate surface area is 217 Å². The lowest BCUT2D eigenvalue weighted by Gasteiger charge is -2.37. The number of benzene rings is 3. The number of anilines is 2. The van der Waals surface area contributed by atoms with Gasteiger partial charge in [0.05, 0.1) is 30.0 Å². The van der Waals surface area contributed by atoms with E-state index >= 15 is 0 Å². The van der Waals surface area contributed by atoms with Crippen molar-refractivity contribution >= 4 is 40.6 Å². The topological polar surface area (TPSA) is 119 Å². The second kappa shape index (κ2) is 8.37. The molecule has 1 saturated heterocycles. The van der Waals surface area contributed by atoms with Crippen LogP contribution in [0.3, 0.4) is 0 Å². The van der Waals surface area contributed by atoms with Gasteiger partial charge >= 0.3 is 0 Å². The molecular formula is C29H23N3O6. The van der Waals surface area contributed by atoms with Crippen molar-refractivity contribution in [2.75, 3.05) is 17.3 Å². The Bertz CT molecular complexity index is 1580. The number of hydrogen-bond donors (Lipinski definition) is 1. The Balaban J connectivity index is 1.63. The Hall–Kier alpha value is -4.79. The van der Waals surface area contributed by atoms with E-state index in [1.54, 1.807) is 37.4 Å². The monoisotopic (exact) mass is 509 g/mol. The highest BCUT2D eigenvalue weighted by atomic mass is 16.6. The van der Waals surface area contributed by atoms with Crippen molar-refractivity contribution < 1.29 is 24.0 Å². The highest BCUT2D eigenvalue weighted by molar-refractivity contribution is 6.16. The molecule has 0 aliphatic carbocycles. The number of amides is 1. The van der Waals surface area contributed by atoms with E-state index in [1.807, 2.05) is 29.2 Å². The van der Waals surface area contributed by atoms with Crippen molar-refractivity contribution in [2.24, 2.45) is 5.92 Å². The third-order valence-electron chi connectivity index (χ3n) is 7.88. The summed E-state index contributed by atoms with van der Waals surface area (Å²) in [6.45, 7) is 1.41. The molecule has 0 saturated carbocycles. The van der Waals surface area contributed by atoms with Gasteiger partial charge in [-0.3, -0.25) is 24.5 Å². The summed E-state index contributed by atoms with van der Waals surface area (Å²) in [5, 5.41) is 14.4. The Morgan fingerprint density at radius 3 is 2.61 bits per heavy atom. The minimum absolute atomic E-state index is 0.0748. The first-order valence-corrected chi connectivity index (χ1v) is 12.1. The standard InChI is InChI=1S/C29H23N3O6/c1-16(33)26-25(27(34)18-6-5-7-19(14-18)32(36)37)29(21-8-3-4-9-22(21)30-28(29)35)24-13-10-17-15-20(38-2)11-12-23(17)31(24)26/h3-15,24-26H,1-2H3,(H,30,35)/t24-,25-,26+,29-/m1/s1. The summed E-state index contributed by atoms with van der Waals surface area (Å²) in [5.41, 5.74) is 1.07. The molecule has 3 aromatic carbocycles. The number of ether oxygens (including phenoxy) is 1. The van der Waals surface area contributed by atoms with Crippen LogP contribution < -0.4 is 15.0 Å². The third-order valence-corrected chi connectivity index (χ3v) is 7.88. The highest BCUT2D eigenvalue weighted by Crippen LogP contribution is 2.58. The van der Waals surface area contributed by atoms with Crippen LogP contribution in [0.25, 0.3) is 6.08 Å². The van der Waals surface area contributed by atoms with Crippen LogP contribution in [-0.2, 0) is 15.0 Å². The SMILES string of the molecule is COc1ccc2c(c1)C=C[C@H]1N2[C@@H](C(C)=O)[C@H](C(=O)c2cccc([N+](=O)[O-])c2)[C@]12C(=O)Nc1ccccc12. The van der Waals surface area contributed by atoms with Crippen molar-refractivity contribution in [1.82, 2.24) is 0 Å². The van der Waals surface area contributed by atoms with Gasteiger partial charge in [0, 0.05) is 34.6 Å². The third kappa shape index (κ3) is 3.08. The number of Topliss-reactive ketones (excluding diaryl/α,β-unsaturated/α-hetero) is 2. The largest absolute Gasteiger partial charge is 0.497 e. The first kappa shape index (κ1) is 23.6. The van der Waals surface area contributed by atoms with E-state index < -0.39 is 34.1 Å². The number of para-hydroxylation sites is 1. The number of nitrogens with one attached hydrogen (secondary N) is 1. The molecule has 3 heterocycles. The molecule has 190 valence electrons. The Morgan fingerprint density at radius 2 is 1.87 bits per heavy atom. The molecule has 1 spiro atoms. The predicted octanol–water partition coefficient (Wildman–Crippen LogP) is 4.17. The highest BCUT2D eigenvalue weighted by Gasteiger charge is 2.69. The van der Waals surface area contributed by atoms with E-state index in [-0.39, 0.29) is 22.9 Å². The summed E-state index contributed by atoms with van der Waals surface area (Å²) in [4.78, 5) is 54.6. The second-order valence-corrected chi connectivity index (χ2v) is 9.71. The molecule has 1 amide bonds. The molecular weight excluding hydrogens is 486 g/mol. The van der Waals surface area contributed by atoms with Crippen molar-refractivity contribution in [2.45, 2.75) is 24.4 Å². The van der Waals surface area contributed by atoms with Crippen molar-refractivity contribution in [3.05, 3.63) is 99.6 Å². The summed E-state index contributed by atoms with van der Waals surface area (Å²) >= 11 is 0. The lowest BCUT2D eigenvalue weighted by Crippen LogP contribution is -2.51. The summed E-state index contributed by atoms with van der Waals surface area (Å²) in [6.07, 6.45) is 3.74. The van der Waals surface area contributed by atoms with E-state index in [0.717, 1.165) is 5.56 Å². The number of hydrogen-bond acceptors (Lipinski definition) is 7. The number of non-ortho nitro benzene ring substituents is 1. The number of nitrogens with zero attached hydrogens (tertiary/aromatic N) is 2. The Morgan fingerprint density at radius 1 is 1.08 bits per heavy atom. The second-order valence-electron chi connectivity index (χ2n) is 9.71. The number of fused-ring (bicyclic) bond motifs is 6. The zero-order valence-corrected chi connectivity index (χ0v) is 20.6. The zero-order valence-electron chi connectivity index (χ0n) is 20.6. The molecule has 0 bridgehead atoms. The average molecular weight is 510 g/mol. The molecule has 1 fully saturated rings. The fourth-order valence-corrected chi connectivity index (χ4v) is 6.39. The predicted molar refractivity (Wildman–Crippen MR) is 140 cm³/mol. The van der Waals surface area contributed by atoms with Crippen molar-refractivity contribution in [1.29, 1.82) is 0 Å². The van der Waals surface area contributed by atoms with E-state index in [4.69, 9.17) is 4.74 Å². The number of ketones is 2. The van der Waals surface area contributed by atoms with Gasteiger partial charge in [-0.25, -0.2) is 0 Å². The van der Waals surface area contributed by atoms with Gasteiger partial charge < -0.3 is 15.0 Å². The van der Waals surface area contributed by atoms with Crippen LogP contribution in [0.4, 0.5) is 17.1 Å².